The van der Waals surface area contributed by atoms with Crippen molar-refractivity contribution in [3.8, 4) is 5.75 Å². The zero-order chi connectivity index (χ0) is 20.1. The van der Waals surface area contributed by atoms with Gasteiger partial charge in [0.15, 0.2) is 0 Å². The summed E-state index contributed by atoms with van der Waals surface area (Å²) in [6.45, 7) is 3.62. The predicted molar refractivity (Wildman–Crippen MR) is 111 cm³/mol. The third-order valence-electron chi connectivity index (χ3n) is 5.50. The summed E-state index contributed by atoms with van der Waals surface area (Å²) in [7, 11) is 0. The minimum absolute atomic E-state index is 0.0633. The van der Waals surface area contributed by atoms with Gasteiger partial charge in [-0.1, -0.05) is 30.3 Å². The molecule has 0 atom stereocenters. The van der Waals surface area contributed by atoms with Crippen LogP contribution >= 0.6 is 0 Å². The number of fused-ring (bicyclic) bond motifs is 1. The van der Waals surface area contributed by atoms with E-state index in [1.807, 2.05) is 41.3 Å². The van der Waals surface area contributed by atoms with E-state index in [-0.39, 0.29) is 11.9 Å². The molecule has 3 amide bonds. The number of rotatable bonds is 4. The van der Waals surface area contributed by atoms with Crippen molar-refractivity contribution in [3.05, 3.63) is 65.2 Å². The largest absolute Gasteiger partial charge is 0.491 e. The maximum Gasteiger partial charge on any atom is 0.317 e. The van der Waals surface area contributed by atoms with Gasteiger partial charge in [-0.05, 0) is 43.0 Å². The number of carbonyl (C=O) groups is 2. The van der Waals surface area contributed by atoms with Gasteiger partial charge in [0.25, 0.3) is 5.91 Å². The van der Waals surface area contributed by atoms with Crippen molar-refractivity contribution in [3.63, 3.8) is 0 Å². The van der Waals surface area contributed by atoms with Gasteiger partial charge in [0.05, 0.1) is 13.1 Å². The fourth-order valence-electron chi connectivity index (χ4n) is 3.87. The quantitative estimate of drug-likeness (QED) is 0.868. The minimum atomic E-state index is -0.103. The molecule has 1 saturated heterocycles. The highest BCUT2D eigenvalue weighted by molar-refractivity contribution is 5.94. The molecule has 1 N–H and O–H groups in total. The molecule has 2 aliphatic rings. The van der Waals surface area contributed by atoms with E-state index in [0.717, 1.165) is 43.7 Å². The number of amides is 3. The smallest absolute Gasteiger partial charge is 0.317 e. The van der Waals surface area contributed by atoms with Crippen LogP contribution in [0.3, 0.4) is 0 Å². The maximum atomic E-state index is 12.7. The number of hydrogen-bond acceptors (Lipinski definition) is 3. The van der Waals surface area contributed by atoms with E-state index in [1.54, 1.807) is 4.90 Å². The van der Waals surface area contributed by atoms with Crippen molar-refractivity contribution in [1.29, 1.82) is 0 Å². The Bertz CT molecular complexity index is 863. The molecular weight excluding hydrogens is 366 g/mol. The first-order chi connectivity index (χ1) is 14.2. The van der Waals surface area contributed by atoms with Crippen LogP contribution in [-0.2, 0) is 13.0 Å². The van der Waals surface area contributed by atoms with Crippen molar-refractivity contribution in [2.75, 3.05) is 32.8 Å². The molecule has 0 aliphatic carbocycles. The van der Waals surface area contributed by atoms with Gasteiger partial charge in [0, 0.05) is 30.8 Å². The SMILES string of the molecule is O=C(NCCc1ccccc1)N1CCOc2ccc(C(=O)N3CCCC3)cc2C1. The summed E-state index contributed by atoms with van der Waals surface area (Å²) in [5, 5.41) is 3.00. The molecule has 152 valence electrons. The summed E-state index contributed by atoms with van der Waals surface area (Å²) in [4.78, 5) is 29.0. The standard InChI is InChI=1S/C23H27N3O3/c27-22(25-12-4-5-13-25)19-8-9-21-20(16-19)17-26(14-15-29-21)23(28)24-11-10-18-6-2-1-3-7-18/h1-3,6-9,16H,4-5,10-15,17H2,(H,24,28). The highest BCUT2D eigenvalue weighted by Crippen LogP contribution is 2.25. The lowest BCUT2D eigenvalue weighted by Crippen LogP contribution is -2.41. The van der Waals surface area contributed by atoms with Gasteiger partial charge in [-0.3, -0.25) is 4.79 Å². The molecule has 2 aromatic rings. The lowest BCUT2D eigenvalue weighted by Gasteiger charge is -2.21. The van der Waals surface area contributed by atoms with Crippen LogP contribution in [0.2, 0.25) is 0 Å². The maximum absolute atomic E-state index is 12.7. The van der Waals surface area contributed by atoms with Crippen LogP contribution in [0.4, 0.5) is 4.79 Å². The molecule has 0 radical (unpaired) electrons. The second kappa shape index (κ2) is 8.99. The second-order valence-electron chi connectivity index (χ2n) is 7.56. The molecule has 2 aromatic carbocycles. The zero-order valence-electron chi connectivity index (χ0n) is 16.6. The Morgan fingerprint density at radius 1 is 0.966 bits per heavy atom. The fourth-order valence-corrected chi connectivity index (χ4v) is 3.87. The molecule has 4 rings (SSSR count). The molecule has 29 heavy (non-hydrogen) atoms. The topological polar surface area (TPSA) is 61.9 Å². The van der Waals surface area contributed by atoms with Gasteiger partial charge >= 0.3 is 6.03 Å². The van der Waals surface area contributed by atoms with E-state index in [1.165, 1.54) is 5.56 Å². The first kappa shape index (κ1) is 19.3. The average molecular weight is 393 g/mol. The number of ether oxygens (including phenoxy) is 1. The molecule has 0 bridgehead atoms. The average Bonchev–Trinajstić information content (AvgIpc) is 3.20. The number of carbonyl (C=O) groups excluding carboxylic acids is 2. The van der Waals surface area contributed by atoms with Crippen LogP contribution in [-0.4, -0.2) is 54.5 Å². The normalized spacial score (nSPS) is 16.0. The summed E-state index contributed by atoms with van der Waals surface area (Å²) in [5.74, 6) is 0.816. The lowest BCUT2D eigenvalue weighted by atomic mass is 10.1. The van der Waals surface area contributed by atoms with E-state index in [2.05, 4.69) is 17.4 Å². The molecule has 1 fully saturated rings. The highest BCUT2D eigenvalue weighted by atomic mass is 16.5. The van der Waals surface area contributed by atoms with Crippen LogP contribution in [0.15, 0.2) is 48.5 Å². The van der Waals surface area contributed by atoms with Crippen molar-refractivity contribution in [2.45, 2.75) is 25.8 Å². The Labute approximate surface area is 171 Å². The van der Waals surface area contributed by atoms with Gasteiger partial charge in [0.1, 0.15) is 12.4 Å². The molecule has 0 unspecified atom stereocenters. The summed E-state index contributed by atoms with van der Waals surface area (Å²) in [6.07, 6.45) is 2.93. The third kappa shape index (κ3) is 4.70. The number of likely N-dealkylation sites (tertiary alicyclic amines) is 1. The van der Waals surface area contributed by atoms with Gasteiger partial charge in [-0.2, -0.15) is 0 Å². The Kier molecular flexibility index (Phi) is 5.98. The summed E-state index contributed by atoms with van der Waals surface area (Å²) in [6, 6.07) is 15.6. The number of hydrogen-bond donors (Lipinski definition) is 1. The first-order valence-electron chi connectivity index (χ1n) is 10.3. The Morgan fingerprint density at radius 2 is 1.76 bits per heavy atom. The van der Waals surface area contributed by atoms with Gasteiger partial charge in [-0.25, -0.2) is 4.79 Å². The summed E-state index contributed by atoms with van der Waals surface area (Å²) < 4.78 is 5.82. The van der Waals surface area contributed by atoms with Crippen molar-refractivity contribution < 1.29 is 14.3 Å². The van der Waals surface area contributed by atoms with E-state index >= 15 is 0 Å². The van der Waals surface area contributed by atoms with Crippen LogP contribution < -0.4 is 10.1 Å². The van der Waals surface area contributed by atoms with Crippen LogP contribution in [0.1, 0.15) is 34.3 Å². The predicted octanol–water partition coefficient (Wildman–Crippen LogP) is 3.07. The fraction of sp³-hybridized carbons (Fsp3) is 0.391. The Balaban J connectivity index is 1.39. The molecule has 0 saturated carbocycles. The summed E-state index contributed by atoms with van der Waals surface area (Å²) >= 11 is 0. The number of nitrogens with zero attached hydrogens (tertiary/aromatic N) is 2. The van der Waals surface area contributed by atoms with Gasteiger partial charge < -0.3 is 19.9 Å². The Hall–Kier alpha value is -3.02. The van der Waals surface area contributed by atoms with Crippen LogP contribution in [0.25, 0.3) is 0 Å². The minimum Gasteiger partial charge on any atom is -0.491 e. The molecule has 6 heteroatoms. The molecular formula is C23H27N3O3. The molecule has 0 spiro atoms. The van der Waals surface area contributed by atoms with Gasteiger partial charge in [-0.15, -0.1) is 0 Å². The summed E-state index contributed by atoms with van der Waals surface area (Å²) in [5.41, 5.74) is 2.74. The molecule has 2 aliphatic heterocycles. The van der Waals surface area contributed by atoms with Gasteiger partial charge in [0.2, 0.25) is 0 Å². The third-order valence-corrected chi connectivity index (χ3v) is 5.50. The van der Waals surface area contributed by atoms with E-state index in [0.29, 0.717) is 31.8 Å². The van der Waals surface area contributed by atoms with Crippen molar-refractivity contribution >= 4 is 11.9 Å². The lowest BCUT2D eigenvalue weighted by molar-refractivity contribution is 0.0792. The first-order valence-corrected chi connectivity index (χ1v) is 10.3. The van der Waals surface area contributed by atoms with Crippen molar-refractivity contribution in [1.82, 2.24) is 15.1 Å². The Morgan fingerprint density at radius 3 is 2.55 bits per heavy atom. The monoisotopic (exact) mass is 393 g/mol. The molecule has 0 aromatic heterocycles. The van der Waals surface area contributed by atoms with E-state index in [4.69, 9.17) is 4.74 Å². The van der Waals surface area contributed by atoms with E-state index < -0.39 is 0 Å². The van der Waals surface area contributed by atoms with Crippen LogP contribution in [0, 0.1) is 0 Å². The second-order valence-corrected chi connectivity index (χ2v) is 7.56. The highest BCUT2D eigenvalue weighted by Gasteiger charge is 2.23. The molecule has 2 heterocycles. The number of urea groups is 1. The molecule has 6 nitrogen and oxygen atoms in total. The van der Waals surface area contributed by atoms with E-state index in [9.17, 15) is 9.59 Å². The number of nitrogens with one attached hydrogen (secondary N) is 1. The number of benzene rings is 2. The zero-order valence-corrected chi connectivity index (χ0v) is 16.6. The van der Waals surface area contributed by atoms with Crippen molar-refractivity contribution in [2.24, 2.45) is 0 Å². The van der Waals surface area contributed by atoms with Crippen LogP contribution in [0.5, 0.6) is 5.75 Å².